The first kappa shape index (κ1) is 33.4. The molecule has 7 heteroatoms. The Hall–Kier alpha value is -3.06. The Kier molecular flexibility index (Phi) is 14.7. The van der Waals surface area contributed by atoms with Gasteiger partial charge in [-0.25, -0.2) is 8.42 Å². The van der Waals surface area contributed by atoms with Crippen LogP contribution in [0.5, 0.6) is 5.75 Å². The molecule has 0 spiro atoms. The van der Waals surface area contributed by atoms with Crippen molar-refractivity contribution in [2.24, 2.45) is 0 Å². The van der Waals surface area contributed by atoms with Crippen LogP contribution in [0.2, 0.25) is 0 Å². The van der Waals surface area contributed by atoms with E-state index in [4.69, 9.17) is 0 Å². The highest BCUT2D eigenvalue weighted by Gasteiger charge is 2.18. The van der Waals surface area contributed by atoms with Crippen molar-refractivity contribution in [2.75, 3.05) is 11.3 Å². The van der Waals surface area contributed by atoms with E-state index in [1.165, 1.54) is 108 Å². The van der Waals surface area contributed by atoms with Gasteiger partial charge in [0.25, 0.3) is 15.9 Å². The first-order valence-electron chi connectivity index (χ1n) is 16.0. The molecule has 0 aliphatic heterocycles. The van der Waals surface area contributed by atoms with E-state index in [1.54, 1.807) is 42.5 Å². The first-order chi connectivity index (χ1) is 20.4. The summed E-state index contributed by atoms with van der Waals surface area (Å²) in [5, 5.41) is 14.1. The van der Waals surface area contributed by atoms with E-state index in [9.17, 15) is 18.3 Å². The van der Waals surface area contributed by atoms with Crippen molar-refractivity contribution in [3.63, 3.8) is 0 Å². The van der Waals surface area contributed by atoms with E-state index >= 15 is 0 Å². The van der Waals surface area contributed by atoms with Gasteiger partial charge in [-0.1, -0.05) is 121 Å². The molecule has 0 fully saturated rings. The Morgan fingerprint density at radius 2 is 1.26 bits per heavy atom. The molecular formula is C35H50N2O4S. The third kappa shape index (κ3) is 11.7. The van der Waals surface area contributed by atoms with Crippen molar-refractivity contribution in [1.82, 2.24) is 5.32 Å². The number of carbonyl (C=O) groups excluding carboxylic acids is 1. The van der Waals surface area contributed by atoms with Gasteiger partial charge in [-0.05, 0) is 54.3 Å². The zero-order chi connectivity index (χ0) is 30.0. The number of hydrogen-bond donors (Lipinski definition) is 3. The van der Waals surface area contributed by atoms with Crippen LogP contribution in [-0.2, 0) is 10.0 Å². The average molecular weight is 595 g/mol. The van der Waals surface area contributed by atoms with Gasteiger partial charge < -0.3 is 10.4 Å². The molecule has 0 aliphatic carbocycles. The van der Waals surface area contributed by atoms with E-state index in [0.717, 1.165) is 18.2 Å². The number of amides is 1. The zero-order valence-electron chi connectivity index (χ0n) is 25.4. The van der Waals surface area contributed by atoms with Crippen molar-refractivity contribution < 1.29 is 18.3 Å². The number of sulfonamides is 1. The van der Waals surface area contributed by atoms with Crippen molar-refractivity contribution in [3.05, 3.63) is 66.2 Å². The Morgan fingerprint density at radius 1 is 0.690 bits per heavy atom. The van der Waals surface area contributed by atoms with Crippen molar-refractivity contribution >= 4 is 32.4 Å². The standard InChI is InChI=1S/C35H50N2O4S/c1-2-3-4-5-6-7-8-9-10-11-12-13-14-15-16-17-26-36-35(39)30-21-18-22-32(28-30)42(40,41)37-34-23-19-20-29-27-31(38)24-25-33(29)34/h18-25,27-28,37-38H,2-17,26H2,1H3,(H,36,39). The minimum atomic E-state index is -3.92. The molecule has 3 N–H and O–H groups in total. The molecule has 1 amide bonds. The summed E-state index contributed by atoms with van der Waals surface area (Å²) in [4.78, 5) is 12.7. The van der Waals surface area contributed by atoms with Crippen LogP contribution in [0.25, 0.3) is 10.8 Å². The minimum absolute atomic E-state index is 0.0216. The minimum Gasteiger partial charge on any atom is -0.508 e. The topological polar surface area (TPSA) is 95.5 Å². The van der Waals surface area contributed by atoms with Crippen LogP contribution in [0.3, 0.4) is 0 Å². The smallest absolute Gasteiger partial charge is 0.261 e. The third-order valence-corrected chi connectivity index (χ3v) is 9.19. The SMILES string of the molecule is CCCCCCCCCCCCCCCCCCNC(=O)c1cccc(S(=O)(=O)Nc2cccc3cc(O)ccc23)c1. The number of unbranched alkanes of at least 4 members (excludes halogenated alkanes) is 15. The molecule has 0 aliphatic rings. The number of anilines is 1. The van der Waals surface area contributed by atoms with Crippen molar-refractivity contribution in [2.45, 2.75) is 115 Å². The predicted octanol–water partition coefficient (Wildman–Crippen LogP) is 9.34. The van der Waals surface area contributed by atoms with Gasteiger partial charge in [0.05, 0.1) is 10.6 Å². The van der Waals surface area contributed by atoms with Crippen molar-refractivity contribution in [1.29, 1.82) is 0 Å². The summed E-state index contributed by atoms with van der Waals surface area (Å²) in [6, 6.07) is 16.1. The second-order valence-electron chi connectivity index (χ2n) is 11.4. The number of phenols is 1. The number of nitrogens with one attached hydrogen (secondary N) is 2. The van der Waals surface area contributed by atoms with Gasteiger partial charge in [-0.2, -0.15) is 0 Å². The normalized spacial score (nSPS) is 11.5. The van der Waals surface area contributed by atoms with Crippen molar-refractivity contribution in [3.8, 4) is 5.75 Å². The maximum absolute atomic E-state index is 13.1. The second kappa shape index (κ2) is 18.5. The lowest BCUT2D eigenvalue weighted by molar-refractivity contribution is 0.0952. The summed E-state index contributed by atoms with van der Waals surface area (Å²) >= 11 is 0. The van der Waals surface area contributed by atoms with Crippen LogP contribution in [-0.4, -0.2) is 26.0 Å². The van der Waals surface area contributed by atoms with Gasteiger partial charge in [0.1, 0.15) is 5.75 Å². The van der Waals surface area contributed by atoms with Crippen LogP contribution in [0.1, 0.15) is 120 Å². The van der Waals surface area contributed by atoms with E-state index < -0.39 is 10.0 Å². The van der Waals surface area contributed by atoms with Gasteiger partial charge in [0.15, 0.2) is 0 Å². The van der Waals surface area contributed by atoms with E-state index in [0.29, 0.717) is 23.2 Å². The lowest BCUT2D eigenvalue weighted by Gasteiger charge is -2.12. The van der Waals surface area contributed by atoms with Gasteiger partial charge in [-0.15, -0.1) is 0 Å². The van der Waals surface area contributed by atoms with Gasteiger partial charge in [0, 0.05) is 17.5 Å². The van der Waals surface area contributed by atoms with E-state index in [-0.39, 0.29) is 16.6 Å². The number of rotatable bonds is 21. The molecular weight excluding hydrogens is 544 g/mol. The van der Waals surface area contributed by atoms with Crippen LogP contribution in [0.4, 0.5) is 5.69 Å². The first-order valence-corrected chi connectivity index (χ1v) is 17.5. The molecule has 0 aromatic heterocycles. The average Bonchev–Trinajstić information content (AvgIpc) is 2.98. The maximum atomic E-state index is 13.1. The summed E-state index contributed by atoms with van der Waals surface area (Å²) in [6.45, 7) is 2.85. The quantitative estimate of drug-likeness (QED) is 0.107. The summed E-state index contributed by atoms with van der Waals surface area (Å²) < 4.78 is 28.9. The molecule has 3 aromatic rings. The van der Waals surface area contributed by atoms with E-state index in [1.807, 2.05) is 0 Å². The molecule has 3 rings (SSSR count). The summed E-state index contributed by atoms with van der Waals surface area (Å²) in [6.07, 6.45) is 20.9. The number of phenolic OH excluding ortho intramolecular Hbond substituents is 1. The third-order valence-electron chi connectivity index (χ3n) is 7.83. The van der Waals surface area contributed by atoms with Gasteiger partial charge in [-0.3, -0.25) is 9.52 Å². The lowest BCUT2D eigenvalue weighted by Crippen LogP contribution is -2.24. The highest BCUT2D eigenvalue weighted by atomic mass is 32.2. The Bertz CT molecular complexity index is 1340. The largest absolute Gasteiger partial charge is 0.508 e. The highest BCUT2D eigenvalue weighted by Crippen LogP contribution is 2.28. The number of fused-ring (bicyclic) bond motifs is 1. The molecule has 6 nitrogen and oxygen atoms in total. The van der Waals surface area contributed by atoms with E-state index in [2.05, 4.69) is 17.0 Å². The molecule has 0 heterocycles. The molecule has 0 saturated heterocycles. The van der Waals surface area contributed by atoms with Crippen LogP contribution in [0, 0.1) is 0 Å². The van der Waals surface area contributed by atoms with Crippen LogP contribution >= 0.6 is 0 Å². The molecule has 0 saturated carbocycles. The monoisotopic (exact) mass is 594 g/mol. The number of hydrogen-bond acceptors (Lipinski definition) is 4. The summed E-state index contributed by atoms with van der Waals surface area (Å²) in [5.74, 6) is -0.158. The predicted molar refractivity (Wildman–Crippen MR) is 175 cm³/mol. The molecule has 3 aromatic carbocycles. The van der Waals surface area contributed by atoms with Gasteiger partial charge in [0.2, 0.25) is 0 Å². The molecule has 42 heavy (non-hydrogen) atoms. The lowest BCUT2D eigenvalue weighted by atomic mass is 10.0. The fourth-order valence-corrected chi connectivity index (χ4v) is 6.47. The number of carbonyl (C=O) groups is 1. The number of aromatic hydroxyl groups is 1. The fourth-order valence-electron chi connectivity index (χ4n) is 5.35. The van der Waals surface area contributed by atoms with Gasteiger partial charge >= 0.3 is 0 Å². The molecule has 0 unspecified atom stereocenters. The second-order valence-corrected chi connectivity index (χ2v) is 13.1. The Balaban J connectivity index is 1.30. The fraction of sp³-hybridized carbons (Fsp3) is 0.514. The Labute approximate surface area is 253 Å². The highest BCUT2D eigenvalue weighted by molar-refractivity contribution is 7.92. The summed E-state index contributed by atoms with van der Waals surface area (Å²) in [7, 11) is -3.92. The van der Waals surface area contributed by atoms with Crippen LogP contribution in [0.15, 0.2) is 65.6 Å². The number of benzene rings is 3. The summed E-state index contributed by atoms with van der Waals surface area (Å²) in [5.41, 5.74) is 0.725. The zero-order valence-corrected chi connectivity index (χ0v) is 26.2. The Morgan fingerprint density at radius 3 is 1.88 bits per heavy atom. The molecule has 0 bridgehead atoms. The molecule has 0 radical (unpaired) electrons. The molecule has 0 atom stereocenters. The van der Waals surface area contributed by atoms with Crippen LogP contribution < -0.4 is 10.0 Å². The maximum Gasteiger partial charge on any atom is 0.261 e. The molecule has 230 valence electrons.